The lowest BCUT2D eigenvalue weighted by atomic mass is 10.1. The van der Waals surface area contributed by atoms with Gasteiger partial charge in [0.15, 0.2) is 0 Å². The fraction of sp³-hybridized carbons (Fsp3) is 0.235. The summed E-state index contributed by atoms with van der Waals surface area (Å²) in [5.41, 5.74) is -0.487. The quantitative estimate of drug-likeness (QED) is 0.816. The van der Waals surface area contributed by atoms with Gasteiger partial charge in [-0.1, -0.05) is 24.6 Å². The highest BCUT2D eigenvalue weighted by Crippen LogP contribution is 2.35. The maximum Gasteiger partial charge on any atom is 0.417 e. The Balaban J connectivity index is 2.07. The van der Waals surface area contributed by atoms with Crippen LogP contribution in [0.1, 0.15) is 34.8 Å². The average Bonchev–Trinajstić information content (AvgIpc) is 2.59. The molecule has 9 heteroatoms. The summed E-state index contributed by atoms with van der Waals surface area (Å²) in [6.07, 6.45) is -2.96. The molecule has 2 N–H and O–H groups in total. The molecule has 2 aromatic rings. The smallest absolute Gasteiger partial charge is 0.348 e. The second-order valence-corrected chi connectivity index (χ2v) is 5.73. The number of carbonyl (C=O) groups excluding carboxylic acids is 2. The number of anilines is 1. The van der Waals surface area contributed by atoms with Gasteiger partial charge < -0.3 is 10.6 Å². The Hall–Kier alpha value is -2.61. The van der Waals surface area contributed by atoms with Crippen molar-refractivity contribution in [3.8, 4) is 0 Å². The number of hydrogen-bond acceptors (Lipinski definition) is 3. The summed E-state index contributed by atoms with van der Waals surface area (Å²) in [7, 11) is 0. The molecule has 0 radical (unpaired) electrons. The van der Waals surface area contributed by atoms with Gasteiger partial charge in [0, 0.05) is 24.7 Å². The second kappa shape index (κ2) is 8.18. The van der Waals surface area contributed by atoms with E-state index < -0.39 is 22.7 Å². The lowest BCUT2D eigenvalue weighted by Crippen LogP contribution is -2.23. The summed E-state index contributed by atoms with van der Waals surface area (Å²) in [5.74, 6) is -0.547. The number of nitrogens with zero attached hydrogens (tertiary/aromatic N) is 1. The van der Waals surface area contributed by atoms with E-state index in [2.05, 4.69) is 15.6 Å². The van der Waals surface area contributed by atoms with E-state index in [4.69, 9.17) is 11.6 Å². The zero-order chi connectivity index (χ0) is 19.3. The van der Waals surface area contributed by atoms with Crippen LogP contribution >= 0.6 is 11.6 Å². The molecule has 26 heavy (non-hydrogen) atoms. The molecule has 0 unspecified atom stereocenters. The molecule has 1 heterocycles. The predicted molar refractivity (Wildman–Crippen MR) is 90.8 cm³/mol. The first-order valence-corrected chi connectivity index (χ1v) is 7.98. The highest BCUT2D eigenvalue weighted by atomic mass is 35.5. The van der Waals surface area contributed by atoms with Crippen molar-refractivity contribution in [2.45, 2.75) is 26.1 Å². The van der Waals surface area contributed by atoms with Crippen LogP contribution in [0, 0.1) is 0 Å². The molecule has 2 amide bonds. The number of nitrogens with one attached hydrogen (secondary N) is 2. The zero-order valence-corrected chi connectivity index (χ0v) is 14.4. The van der Waals surface area contributed by atoms with Gasteiger partial charge in [-0.25, -0.2) is 4.98 Å². The van der Waals surface area contributed by atoms with Crippen molar-refractivity contribution in [1.82, 2.24) is 10.3 Å². The lowest BCUT2D eigenvalue weighted by molar-refractivity contribution is -0.137. The van der Waals surface area contributed by atoms with E-state index in [0.717, 1.165) is 12.1 Å². The first-order chi connectivity index (χ1) is 12.2. The van der Waals surface area contributed by atoms with Crippen LogP contribution in [0.4, 0.5) is 19.0 Å². The molecule has 5 nitrogen and oxygen atoms in total. The van der Waals surface area contributed by atoms with Crippen molar-refractivity contribution in [3.63, 3.8) is 0 Å². The number of rotatable bonds is 5. The fourth-order valence-corrected chi connectivity index (χ4v) is 2.28. The van der Waals surface area contributed by atoms with Crippen LogP contribution in [0.2, 0.25) is 5.02 Å². The van der Waals surface area contributed by atoms with E-state index in [-0.39, 0.29) is 35.8 Å². The van der Waals surface area contributed by atoms with E-state index in [1.807, 2.05) is 0 Å². The maximum absolute atomic E-state index is 12.9. The summed E-state index contributed by atoms with van der Waals surface area (Å²) < 4.78 is 38.6. The van der Waals surface area contributed by atoms with Crippen molar-refractivity contribution < 1.29 is 22.8 Å². The number of carbonyl (C=O) groups is 2. The highest BCUT2D eigenvalue weighted by Gasteiger charge is 2.33. The predicted octanol–water partition coefficient (Wildman–Crippen LogP) is 4.03. The topological polar surface area (TPSA) is 71.1 Å². The molecule has 2 rings (SSSR count). The van der Waals surface area contributed by atoms with Gasteiger partial charge in [-0.2, -0.15) is 13.2 Å². The molecule has 0 aliphatic heterocycles. The van der Waals surface area contributed by atoms with Crippen LogP contribution in [0.5, 0.6) is 0 Å². The molecule has 0 fully saturated rings. The fourth-order valence-electron chi connectivity index (χ4n) is 2.06. The van der Waals surface area contributed by atoms with Crippen LogP contribution in [-0.4, -0.2) is 16.8 Å². The Bertz CT molecular complexity index is 825. The van der Waals surface area contributed by atoms with Gasteiger partial charge in [0.25, 0.3) is 5.91 Å². The average molecular weight is 386 g/mol. The van der Waals surface area contributed by atoms with Gasteiger partial charge in [-0.15, -0.1) is 0 Å². The van der Waals surface area contributed by atoms with Crippen LogP contribution in [-0.2, 0) is 17.5 Å². The molecule has 138 valence electrons. The number of halogens is 4. The standard InChI is InChI=1S/C17H15ClF3N3O2/c1-2-15(25)24-14-8-11(5-6-22-14)16(26)23-9-10-3-4-13(18)12(7-10)17(19,20)21/h3-8H,2,9H2,1H3,(H,23,26)(H,22,24,25). The molecule has 1 aromatic carbocycles. The van der Waals surface area contributed by atoms with E-state index in [1.54, 1.807) is 6.92 Å². The van der Waals surface area contributed by atoms with Crippen LogP contribution < -0.4 is 10.6 Å². The number of hydrogen-bond donors (Lipinski definition) is 2. The minimum atomic E-state index is -4.57. The maximum atomic E-state index is 12.9. The largest absolute Gasteiger partial charge is 0.417 e. The first kappa shape index (κ1) is 19.7. The van der Waals surface area contributed by atoms with Crippen LogP contribution in [0.25, 0.3) is 0 Å². The normalized spacial score (nSPS) is 11.1. The van der Waals surface area contributed by atoms with E-state index in [1.165, 1.54) is 24.4 Å². The number of aromatic nitrogens is 1. The monoisotopic (exact) mass is 385 g/mol. The Morgan fingerprint density at radius 2 is 1.92 bits per heavy atom. The number of pyridine rings is 1. The number of alkyl halides is 3. The minimum Gasteiger partial charge on any atom is -0.348 e. The number of benzene rings is 1. The first-order valence-electron chi connectivity index (χ1n) is 7.60. The molecule has 0 atom stereocenters. The van der Waals surface area contributed by atoms with Crippen LogP contribution in [0.3, 0.4) is 0 Å². The van der Waals surface area contributed by atoms with Gasteiger partial charge in [-0.05, 0) is 29.8 Å². The third-order valence-electron chi connectivity index (χ3n) is 3.40. The van der Waals surface area contributed by atoms with Gasteiger partial charge in [0.1, 0.15) is 5.82 Å². The summed E-state index contributed by atoms with van der Waals surface area (Å²) >= 11 is 5.56. The molecule has 0 aliphatic rings. The summed E-state index contributed by atoms with van der Waals surface area (Å²) in [6, 6.07) is 6.24. The van der Waals surface area contributed by atoms with E-state index in [0.29, 0.717) is 0 Å². The van der Waals surface area contributed by atoms with Crippen molar-refractivity contribution in [1.29, 1.82) is 0 Å². The second-order valence-electron chi connectivity index (χ2n) is 5.33. The van der Waals surface area contributed by atoms with Crippen LogP contribution in [0.15, 0.2) is 36.5 Å². The Kier molecular flexibility index (Phi) is 6.20. The minimum absolute atomic E-state index is 0.113. The highest BCUT2D eigenvalue weighted by molar-refractivity contribution is 6.31. The summed E-state index contributed by atoms with van der Waals surface area (Å²) in [4.78, 5) is 27.5. The Morgan fingerprint density at radius 3 is 2.58 bits per heavy atom. The van der Waals surface area contributed by atoms with Crippen molar-refractivity contribution in [3.05, 3.63) is 58.2 Å². The van der Waals surface area contributed by atoms with Gasteiger partial charge in [0.2, 0.25) is 5.91 Å². The molecule has 0 saturated heterocycles. The molecule has 0 spiro atoms. The van der Waals surface area contributed by atoms with Gasteiger partial charge >= 0.3 is 6.18 Å². The van der Waals surface area contributed by atoms with Crippen molar-refractivity contribution in [2.24, 2.45) is 0 Å². The van der Waals surface area contributed by atoms with E-state index >= 15 is 0 Å². The van der Waals surface area contributed by atoms with Gasteiger partial charge in [-0.3, -0.25) is 9.59 Å². The molecule has 0 bridgehead atoms. The molecule has 0 aliphatic carbocycles. The zero-order valence-electron chi connectivity index (χ0n) is 13.7. The molecule has 1 aromatic heterocycles. The number of amides is 2. The Morgan fingerprint density at radius 1 is 1.19 bits per heavy atom. The third-order valence-corrected chi connectivity index (χ3v) is 3.73. The van der Waals surface area contributed by atoms with E-state index in [9.17, 15) is 22.8 Å². The Labute approximate surface area is 152 Å². The van der Waals surface area contributed by atoms with Crippen molar-refractivity contribution >= 4 is 29.2 Å². The third kappa shape index (κ3) is 5.19. The summed E-state index contributed by atoms with van der Waals surface area (Å²) in [5, 5.41) is 4.63. The molecule has 0 saturated carbocycles. The van der Waals surface area contributed by atoms with Crippen molar-refractivity contribution in [2.75, 3.05) is 5.32 Å². The van der Waals surface area contributed by atoms with Gasteiger partial charge in [0.05, 0.1) is 10.6 Å². The lowest BCUT2D eigenvalue weighted by Gasteiger charge is -2.12. The summed E-state index contributed by atoms with van der Waals surface area (Å²) in [6.45, 7) is 1.56. The molecular formula is C17H15ClF3N3O2. The SMILES string of the molecule is CCC(=O)Nc1cc(C(=O)NCc2ccc(Cl)c(C(F)(F)F)c2)ccn1. The molecular weight excluding hydrogens is 371 g/mol.